The largest absolute Gasteiger partial charge is 0.204 e. The number of benzene rings is 1. The van der Waals surface area contributed by atoms with Gasteiger partial charge in [0.25, 0.3) is 0 Å². The zero-order valence-electron chi connectivity index (χ0n) is 17.2. The van der Waals surface area contributed by atoms with Gasteiger partial charge in [0.05, 0.1) is 0 Å². The first-order chi connectivity index (χ1) is 13.6. The summed E-state index contributed by atoms with van der Waals surface area (Å²) in [6.45, 7) is 2.30. The number of rotatable bonds is 7. The van der Waals surface area contributed by atoms with Crippen molar-refractivity contribution in [3.63, 3.8) is 0 Å². The first kappa shape index (κ1) is 21.5. The number of hydrogen-bond donors (Lipinski definition) is 0. The van der Waals surface area contributed by atoms with Crippen molar-refractivity contribution in [1.82, 2.24) is 0 Å². The molecule has 2 aliphatic rings. The average molecular weight is 393 g/mol. The van der Waals surface area contributed by atoms with Gasteiger partial charge in [0.2, 0.25) is 0 Å². The van der Waals surface area contributed by atoms with Gasteiger partial charge >= 0.3 is 0 Å². The Balaban J connectivity index is 1.36. The van der Waals surface area contributed by atoms with Gasteiger partial charge in [-0.05, 0) is 79.9 Å². The minimum absolute atomic E-state index is 0.388. The van der Waals surface area contributed by atoms with Crippen LogP contribution < -0.4 is 0 Å². The van der Waals surface area contributed by atoms with E-state index in [1.807, 2.05) is 6.08 Å². The predicted molar refractivity (Wildman–Crippen MR) is 110 cm³/mol. The Kier molecular flexibility index (Phi) is 8.05. The van der Waals surface area contributed by atoms with E-state index in [1.165, 1.54) is 64.2 Å². The van der Waals surface area contributed by atoms with Crippen LogP contribution in [0.25, 0.3) is 6.08 Å². The van der Waals surface area contributed by atoms with Gasteiger partial charge in [-0.1, -0.05) is 57.6 Å². The standard InChI is InChI=1S/C25H35F3/c1-2-5-18-8-12-21(13-9-18)22-14-10-19(11-15-22)6-3-4-7-20-16-23(26)25(28)24(27)17-20/h4,7,16-19,21-22H,2-3,5-6,8-15H2,1H3/b7-4-. The third-order valence-corrected chi connectivity index (χ3v) is 7.20. The molecule has 0 unspecified atom stereocenters. The van der Waals surface area contributed by atoms with Crippen molar-refractivity contribution < 1.29 is 13.2 Å². The lowest BCUT2D eigenvalue weighted by atomic mass is 9.68. The van der Waals surface area contributed by atoms with E-state index >= 15 is 0 Å². The van der Waals surface area contributed by atoms with Gasteiger partial charge in [-0.15, -0.1) is 0 Å². The van der Waals surface area contributed by atoms with Crippen LogP contribution in [0.1, 0.15) is 89.5 Å². The lowest BCUT2D eigenvalue weighted by Crippen LogP contribution is -2.25. The highest BCUT2D eigenvalue weighted by Crippen LogP contribution is 2.42. The highest BCUT2D eigenvalue weighted by Gasteiger charge is 2.30. The van der Waals surface area contributed by atoms with Gasteiger partial charge < -0.3 is 0 Å². The van der Waals surface area contributed by atoms with E-state index in [2.05, 4.69) is 6.92 Å². The Morgan fingerprint density at radius 2 is 1.29 bits per heavy atom. The van der Waals surface area contributed by atoms with Crippen molar-refractivity contribution >= 4 is 6.08 Å². The summed E-state index contributed by atoms with van der Waals surface area (Å²) in [6.07, 6.45) is 19.7. The predicted octanol–water partition coefficient (Wildman–Crippen LogP) is 8.31. The molecule has 3 rings (SSSR count). The van der Waals surface area contributed by atoms with Crippen molar-refractivity contribution in [2.24, 2.45) is 23.7 Å². The molecule has 0 bridgehead atoms. The summed E-state index contributed by atoms with van der Waals surface area (Å²) < 4.78 is 39.5. The highest BCUT2D eigenvalue weighted by molar-refractivity contribution is 5.49. The molecule has 2 saturated carbocycles. The van der Waals surface area contributed by atoms with Crippen LogP contribution in [0.4, 0.5) is 13.2 Å². The van der Waals surface area contributed by atoms with Crippen molar-refractivity contribution in [3.05, 3.63) is 41.2 Å². The van der Waals surface area contributed by atoms with Crippen molar-refractivity contribution in [1.29, 1.82) is 0 Å². The average Bonchev–Trinajstić information content (AvgIpc) is 2.71. The van der Waals surface area contributed by atoms with E-state index in [-0.39, 0.29) is 0 Å². The Morgan fingerprint density at radius 3 is 1.79 bits per heavy atom. The molecule has 0 heterocycles. The maximum Gasteiger partial charge on any atom is 0.194 e. The molecule has 0 atom stereocenters. The van der Waals surface area contributed by atoms with Crippen LogP contribution in [0.5, 0.6) is 0 Å². The molecule has 1 aromatic carbocycles. The Labute approximate surface area is 168 Å². The zero-order valence-corrected chi connectivity index (χ0v) is 17.2. The molecule has 156 valence electrons. The van der Waals surface area contributed by atoms with Gasteiger partial charge in [0.15, 0.2) is 17.5 Å². The fraction of sp³-hybridized carbons (Fsp3) is 0.680. The fourth-order valence-corrected chi connectivity index (χ4v) is 5.53. The Morgan fingerprint density at radius 1 is 0.786 bits per heavy atom. The molecule has 0 aromatic heterocycles. The second-order valence-electron chi connectivity index (χ2n) is 9.13. The summed E-state index contributed by atoms with van der Waals surface area (Å²) in [4.78, 5) is 0. The normalized spacial score (nSPS) is 28.7. The molecule has 0 N–H and O–H groups in total. The molecule has 3 heteroatoms. The van der Waals surface area contributed by atoms with E-state index in [1.54, 1.807) is 6.08 Å². The SMILES string of the molecule is CCCC1CCC(C2CCC(CC/C=C\c3cc(F)c(F)c(F)c3)CC2)CC1. The van der Waals surface area contributed by atoms with Crippen LogP contribution in [0.15, 0.2) is 18.2 Å². The van der Waals surface area contributed by atoms with Crippen molar-refractivity contribution in [2.45, 2.75) is 84.0 Å². The number of halogens is 3. The van der Waals surface area contributed by atoms with Crippen molar-refractivity contribution in [3.8, 4) is 0 Å². The molecule has 0 amide bonds. The third-order valence-electron chi connectivity index (χ3n) is 7.20. The van der Waals surface area contributed by atoms with Gasteiger partial charge in [-0.3, -0.25) is 0 Å². The molecule has 0 spiro atoms. The van der Waals surface area contributed by atoms with Crippen LogP contribution in [0.3, 0.4) is 0 Å². The van der Waals surface area contributed by atoms with Crippen LogP contribution in [-0.2, 0) is 0 Å². The smallest absolute Gasteiger partial charge is 0.194 e. The van der Waals surface area contributed by atoms with E-state index in [0.29, 0.717) is 5.56 Å². The summed E-state index contributed by atoms with van der Waals surface area (Å²) in [5.41, 5.74) is 0.388. The summed E-state index contributed by atoms with van der Waals surface area (Å²) >= 11 is 0. The Bertz CT molecular complexity index is 612. The Hall–Kier alpha value is -1.25. The molecule has 0 saturated heterocycles. The molecular weight excluding hydrogens is 357 g/mol. The van der Waals surface area contributed by atoms with Gasteiger partial charge in [0, 0.05) is 0 Å². The van der Waals surface area contributed by atoms with Gasteiger partial charge in [-0.25, -0.2) is 13.2 Å². The molecule has 0 nitrogen and oxygen atoms in total. The lowest BCUT2D eigenvalue weighted by molar-refractivity contribution is 0.141. The topological polar surface area (TPSA) is 0 Å². The maximum atomic E-state index is 13.2. The first-order valence-electron chi connectivity index (χ1n) is 11.4. The minimum atomic E-state index is -1.40. The molecule has 1 aromatic rings. The summed E-state index contributed by atoms with van der Waals surface area (Å²) in [6, 6.07) is 2.10. The molecule has 2 aliphatic carbocycles. The molecule has 28 heavy (non-hydrogen) atoms. The van der Waals surface area contributed by atoms with Gasteiger partial charge in [0.1, 0.15) is 0 Å². The van der Waals surface area contributed by atoms with Crippen LogP contribution >= 0.6 is 0 Å². The maximum absolute atomic E-state index is 13.2. The monoisotopic (exact) mass is 392 g/mol. The second-order valence-corrected chi connectivity index (χ2v) is 9.13. The molecule has 0 aliphatic heterocycles. The van der Waals surface area contributed by atoms with Crippen molar-refractivity contribution in [2.75, 3.05) is 0 Å². The minimum Gasteiger partial charge on any atom is -0.204 e. The second kappa shape index (κ2) is 10.5. The third kappa shape index (κ3) is 5.87. The molecule has 2 fully saturated rings. The zero-order chi connectivity index (χ0) is 19.9. The summed E-state index contributed by atoms with van der Waals surface area (Å²) in [5.74, 6) is 0.0411. The molecule has 0 radical (unpaired) electrons. The van der Waals surface area contributed by atoms with Gasteiger partial charge in [-0.2, -0.15) is 0 Å². The van der Waals surface area contributed by atoms with E-state index in [9.17, 15) is 13.2 Å². The summed E-state index contributed by atoms with van der Waals surface area (Å²) in [7, 11) is 0. The quantitative estimate of drug-likeness (QED) is 0.409. The number of hydrogen-bond acceptors (Lipinski definition) is 0. The summed E-state index contributed by atoms with van der Waals surface area (Å²) in [5, 5.41) is 0. The first-order valence-corrected chi connectivity index (χ1v) is 11.4. The lowest BCUT2D eigenvalue weighted by Gasteiger charge is -2.38. The van der Waals surface area contributed by atoms with Crippen LogP contribution in [-0.4, -0.2) is 0 Å². The number of allylic oxidation sites excluding steroid dienone is 1. The van der Waals surface area contributed by atoms with Crippen LogP contribution in [0, 0.1) is 41.1 Å². The van der Waals surface area contributed by atoms with E-state index in [0.717, 1.165) is 48.6 Å². The van der Waals surface area contributed by atoms with E-state index < -0.39 is 17.5 Å². The highest BCUT2D eigenvalue weighted by atomic mass is 19.2. The fourth-order valence-electron chi connectivity index (χ4n) is 5.53. The van der Waals surface area contributed by atoms with Crippen LogP contribution in [0.2, 0.25) is 0 Å². The molecular formula is C25H35F3. The van der Waals surface area contributed by atoms with E-state index in [4.69, 9.17) is 0 Å².